The fourth-order valence-electron chi connectivity index (χ4n) is 0. The molecule has 0 spiro atoms. The van der Waals surface area contributed by atoms with E-state index in [0.717, 1.165) is 0 Å². The molecule has 0 saturated carbocycles. The Bertz CT molecular complexity index is 8.00. The van der Waals surface area contributed by atoms with E-state index in [1.807, 2.05) is 6.79 Å². The summed E-state index contributed by atoms with van der Waals surface area (Å²) in [5, 5.41) is 0. The second kappa shape index (κ2) is 58.3. The topological polar surface area (TPSA) is 17.1 Å². The molecule has 0 atom stereocenters. The molecule has 3 heteroatoms. The minimum absolute atomic E-state index is 2.00. The van der Waals surface area contributed by atoms with Gasteiger partial charge in [0.15, 0.2) is 0 Å². The van der Waals surface area contributed by atoms with Gasteiger partial charge in [-0.05, 0) is 0 Å². The van der Waals surface area contributed by atoms with Crippen LogP contribution < -0.4 is 0 Å². The van der Waals surface area contributed by atoms with Crippen LogP contribution in [0.2, 0.25) is 0 Å². The third-order valence-electron chi connectivity index (χ3n) is 0. The van der Waals surface area contributed by atoms with Gasteiger partial charge < -0.3 is 4.79 Å². The molecule has 0 radical (unpaired) electrons. The second-order valence-corrected chi connectivity index (χ2v) is 0. The van der Waals surface area contributed by atoms with Gasteiger partial charge in [-0.25, -0.2) is 0 Å². The Kier molecular flexibility index (Phi) is 129. The first-order valence-corrected chi connectivity index (χ1v) is 3.35. The van der Waals surface area contributed by atoms with Crippen molar-refractivity contribution in [1.82, 2.24) is 0 Å². The predicted octanol–water partition coefficient (Wildman–Crippen LogP) is 0.658. The normalized spacial score (nSPS) is 2.50. The molecule has 0 aliphatic carbocycles. The van der Waals surface area contributed by atoms with Crippen LogP contribution in [0.1, 0.15) is 0 Å². The summed E-state index contributed by atoms with van der Waals surface area (Å²) in [4.78, 5) is 8.00. The first-order chi connectivity index (χ1) is 2.00. The zero-order valence-electron chi connectivity index (χ0n) is 1.87. The van der Waals surface area contributed by atoms with E-state index in [0.29, 0.717) is 0 Å². The van der Waals surface area contributed by atoms with E-state index in [2.05, 4.69) is 28.3 Å². The first-order valence-electron chi connectivity index (χ1n) is 0.432. The third kappa shape index (κ3) is 16.6. The van der Waals surface area contributed by atoms with Gasteiger partial charge in [-0.15, -0.1) is 0 Å². The van der Waals surface area contributed by atoms with Gasteiger partial charge >= 0.3 is 28.3 Å². The standard InChI is InChI=1S/CH2O.BrH.Mn/c1-2;;/h1H2;1H;/q;;+1/p-1. The molecule has 26 valence electrons. The van der Waals surface area contributed by atoms with Gasteiger partial charge in [0.2, 0.25) is 0 Å². The Hall–Kier alpha value is 0.669. The Morgan fingerprint density at radius 3 is 1.50 bits per heavy atom. The van der Waals surface area contributed by atoms with Crippen LogP contribution in [-0.4, -0.2) is 6.79 Å². The van der Waals surface area contributed by atoms with Crippen molar-refractivity contribution in [1.29, 1.82) is 0 Å². The van der Waals surface area contributed by atoms with Crippen molar-refractivity contribution in [3.63, 3.8) is 0 Å². The monoisotopic (exact) mass is 164 g/mol. The van der Waals surface area contributed by atoms with Crippen molar-refractivity contribution >= 4 is 20.9 Å². The molecule has 0 aromatic rings. The SMILES string of the molecule is C=O.[Mn][Br]. The molecule has 0 aliphatic rings. The van der Waals surface area contributed by atoms with Gasteiger partial charge in [-0.1, -0.05) is 0 Å². The Labute approximate surface area is 40.3 Å². The van der Waals surface area contributed by atoms with E-state index in [1.165, 1.54) is 0 Å². The predicted molar refractivity (Wildman–Crippen MR) is 16.0 cm³/mol. The maximum atomic E-state index is 8.00. The summed E-state index contributed by atoms with van der Waals surface area (Å²) >= 11 is 5.50. The zero-order chi connectivity index (χ0) is 4.00. The molecule has 0 N–H and O–H groups in total. The molecule has 0 unspecified atom stereocenters. The average Bonchev–Trinajstić information content (AvgIpc) is 1.50. The van der Waals surface area contributed by atoms with E-state index in [9.17, 15) is 0 Å². The first kappa shape index (κ1) is 8.82. The summed E-state index contributed by atoms with van der Waals surface area (Å²) in [6.07, 6.45) is 0. The number of carbonyl (C=O) groups excluding carboxylic acids is 1. The van der Waals surface area contributed by atoms with Gasteiger partial charge in [0.1, 0.15) is 6.79 Å². The van der Waals surface area contributed by atoms with Crippen LogP contribution in [0.3, 0.4) is 0 Å². The van der Waals surface area contributed by atoms with Crippen molar-refractivity contribution in [3.8, 4) is 0 Å². The van der Waals surface area contributed by atoms with Crippen molar-refractivity contribution in [2.45, 2.75) is 0 Å². The molecule has 0 fully saturated rings. The number of hydrogen-bond donors (Lipinski definition) is 0. The fraction of sp³-hybridized carbons (Fsp3) is 0. The van der Waals surface area contributed by atoms with E-state index >= 15 is 0 Å². The number of hydrogen-bond acceptors (Lipinski definition) is 1. The van der Waals surface area contributed by atoms with Crippen LogP contribution in [-0.2, 0) is 19.0 Å². The van der Waals surface area contributed by atoms with Crippen LogP contribution in [0.5, 0.6) is 0 Å². The van der Waals surface area contributed by atoms with Crippen LogP contribution in [0, 0.1) is 0 Å². The minimum atomic E-state index is 2.00. The summed E-state index contributed by atoms with van der Waals surface area (Å²) in [6.45, 7) is 2.00. The van der Waals surface area contributed by atoms with E-state index in [1.54, 1.807) is 0 Å². The summed E-state index contributed by atoms with van der Waals surface area (Å²) in [5.41, 5.74) is 0. The Balaban J connectivity index is 0. The van der Waals surface area contributed by atoms with Crippen molar-refractivity contribution in [2.24, 2.45) is 0 Å². The van der Waals surface area contributed by atoms with Crippen LogP contribution in [0.15, 0.2) is 0 Å². The van der Waals surface area contributed by atoms with Crippen molar-refractivity contribution in [3.05, 3.63) is 0 Å². The van der Waals surface area contributed by atoms with Crippen molar-refractivity contribution < 1.29 is 19.0 Å². The second-order valence-electron chi connectivity index (χ2n) is 0. The molecule has 0 aromatic carbocycles. The Morgan fingerprint density at radius 1 is 1.50 bits per heavy atom. The molecule has 0 aliphatic heterocycles. The van der Waals surface area contributed by atoms with E-state index in [4.69, 9.17) is 4.79 Å². The van der Waals surface area contributed by atoms with Crippen LogP contribution in [0.4, 0.5) is 0 Å². The summed E-state index contributed by atoms with van der Waals surface area (Å²) < 4.78 is 0. The quantitative estimate of drug-likeness (QED) is 0.481. The summed E-state index contributed by atoms with van der Waals surface area (Å²) in [6, 6.07) is 0. The molecule has 0 bridgehead atoms. The molecule has 0 rings (SSSR count). The molecule has 0 heterocycles. The van der Waals surface area contributed by atoms with Gasteiger partial charge in [0.05, 0.1) is 0 Å². The van der Waals surface area contributed by atoms with Crippen molar-refractivity contribution in [2.75, 3.05) is 0 Å². The van der Waals surface area contributed by atoms with Crippen LogP contribution >= 0.6 is 14.1 Å². The molecule has 4 heavy (non-hydrogen) atoms. The van der Waals surface area contributed by atoms with Gasteiger partial charge in [-0.3, -0.25) is 0 Å². The van der Waals surface area contributed by atoms with Crippen LogP contribution in [0.25, 0.3) is 0 Å². The summed E-state index contributed by atoms with van der Waals surface area (Å²) in [5.74, 6) is 0. The molecule has 0 amide bonds. The van der Waals surface area contributed by atoms with E-state index < -0.39 is 0 Å². The van der Waals surface area contributed by atoms with Gasteiger partial charge in [0, 0.05) is 0 Å². The van der Waals surface area contributed by atoms with Gasteiger partial charge in [-0.2, -0.15) is 0 Å². The molecule has 1 nitrogen and oxygen atoms in total. The number of rotatable bonds is 0. The number of halogens is 1. The van der Waals surface area contributed by atoms with E-state index in [-0.39, 0.29) is 0 Å². The molecule has 0 aromatic heterocycles. The summed E-state index contributed by atoms with van der Waals surface area (Å²) in [7, 11) is 0. The molecular formula is CH2BrMnO. The molecular weight excluding hydrogens is 163 g/mol. The Morgan fingerprint density at radius 2 is 1.50 bits per heavy atom. The number of carbonyl (C=O) groups is 1. The zero-order valence-corrected chi connectivity index (χ0v) is 4.64. The maximum absolute atomic E-state index is 8.00. The third-order valence-corrected chi connectivity index (χ3v) is 0. The van der Waals surface area contributed by atoms with Gasteiger partial charge in [0.25, 0.3) is 0 Å². The fourth-order valence-corrected chi connectivity index (χ4v) is 0. The molecule has 0 saturated heterocycles. The average molecular weight is 165 g/mol.